The molecule has 0 heterocycles. The lowest BCUT2D eigenvalue weighted by Gasteiger charge is -2.21. The van der Waals surface area contributed by atoms with Gasteiger partial charge in [-0.2, -0.15) is 0 Å². The van der Waals surface area contributed by atoms with Gasteiger partial charge in [-0.3, -0.25) is 0 Å². The average molecular weight is 376 g/mol. The molecule has 1 unspecified atom stereocenters. The van der Waals surface area contributed by atoms with Gasteiger partial charge in [0.1, 0.15) is 5.75 Å². The van der Waals surface area contributed by atoms with E-state index in [4.69, 9.17) is 4.74 Å². The summed E-state index contributed by atoms with van der Waals surface area (Å²) >= 11 is 0. The number of ether oxygens (including phenoxy) is 1. The maximum Gasteiger partial charge on any atom is 0.216 e. The van der Waals surface area contributed by atoms with Gasteiger partial charge in [-0.1, -0.05) is 38.1 Å². The number of nitrogens with one attached hydrogen (secondary N) is 1. The molecule has 142 valence electrons. The highest BCUT2D eigenvalue weighted by atomic mass is 32.2. The van der Waals surface area contributed by atoms with Crippen LogP contribution in [0.2, 0.25) is 0 Å². The molecule has 0 aromatic heterocycles. The highest BCUT2D eigenvalue weighted by Crippen LogP contribution is 2.32. The molecule has 0 aliphatic rings. The number of benzene rings is 2. The zero-order chi connectivity index (χ0) is 19.5. The summed E-state index contributed by atoms with van der Waals surface area (Å²) in [5.74, 6) is 1.12. The average Bonchev–Trinajstić information content (AvgIpc) is 2.55. The molecule has 0 aliphatic carbocycles. The smallest absolute Gasteiger partial charge is 0.216 e. The molecule has 1 atom stereocenters. The highest BCUT2D eigenvalue weighted by molar-refractivity contribution is 7.88. The molecule has 1 N–H and O–H groups in total. The first kappa shape index (κ1) is 20.5. The van der Waals surface area contributed by atoms with Gasteiger partial charge in [0.25, 0.3) is 0 Å². The molecule has 0 radical (unpaired) electrons. The number of sulfonamides is 1. The minimum atomic E-state index is -3.45. The predicted molar refractivity (Wildman–Crippen MR) is 107 cm³/mol. The molecule has 0 spiro atoms. The molecule has 0 saturated carbocycles. The minimum Gasteiger partial charge on any atom is -0.496 e. The Balaban J connectivity index is 2.27. The van der Waals surface area contributed by atoms with Crippen molar-refractivity contribution in [3.8, 4) is 5.75 Å². The zero-order valence-electron chi connectivity index (χ0n) is 16.5. The number of methoxy groups -OCH3 is 1. The van der Waals surface area contributed by atoms with E-state index in [1.165, 1.54) is 0 Å². The van der Waals surface area contributed by atoms with Crippen molar-refractivity contribution in [3.05, 3.63) is 64.2 Å². The summed E-state index contributed by atoms with van der Waals surface area (Å²) in [7, 11) is -1.79. The van der Waals surface area contributed by atoms with Gasteiger partial charge in [0, 0.05) is 6.04 Å². The van der Waals surface area contributed by atoms with Crippen LogP contribution < -0.4 is 9.46 Å². The van der Waals surface area contributed by atoms with E-state index in [9.17, 15) is 8.42 Å². The number of aryl methyl sites for hydroxylation is 2. The van der Waals surface area contributed by atoms with Crippen LogP contribution in [0.1, 0.15) is 60.5 Å². The quantitative estimate of drug-likeness (QED) is 0.768. The van der Waals surface area contributed by atoms with E-state index in [1.807, 2.05) is 51.1 Å². The van der Waals surface area contributed by atoms with Crippen molar-refractivity contribution in [2.45, 2.75) is 52.3 Å². The van der Waals surface area contributed by atoms with Crippen LogP contribution in [0.5, 0.6) is 5.75 Å². The second kappa shape index (κ2) is 8.23. The fourth-order valence-corrected chi connectivity index (χ4v) is 4.64. The summed E-state index contributed by atoms with van der Waals surface area (Å²) in [5.41, 5.74) is 4.87. The zero-order valence-corrected chi connectivity index (χ0v) is 17.3. The van der Waals surface area contributed by atoms with E-state index in [1.54, 1.807) is 7.11 Å². The molecule has 0 fully saturated rings. The van der Waals surface area contributed by atoms with Crippen LogP contribution in [0.25, 0.3) is 0 Å². The summed E-state index contributed by atoms with van der Waals surface area (Å²) in [6.45, 7) is 9.99. The second-order valence-electron chi connectivity index (χ2n) is 7.13. The van der Waals surface area contributed by atoms with Gasteiger partial charge in [-0.25, -0.2) is 13.1 Å². The van der Waals surface area contributed by atoms with Gasteiger partial charge in [0.2, 0.25) is 10.0 Å². The summed E-state index contributed by atoms with van der Waals surface area (Å²) in [6.07, 6.45) is 0. The van der Waals surface area contributed by atoms with E-state index in [0.29, 0.717) is 5.92 Å². The summed E-state index contributed by atoms with van der Waals surface area (Å²) < 4.78 is 33.6. The first-order valence-corrected chi connectivity index (χ1v) is 10.5. The van der Waals surface area contributed by atoms with Crippen molar-refractivity contribution in [3.63, 3.8) is 0 Å². The minimum absolute atomic E-state index is 0.0176. The molecule has 0 saturated heterocycles. The van der Waals surface area contributed by atoms with Crippen LogP contribution in [0.4, 0.5) is 0 Å². The van der Waals surface area contributed by atoms with Crippen LogP contribution in [0, 0.1) is 13.8 Å². The van der Waals surface area contributed by atoms with Crippen molar-refractivity contribution >= 4 is 10.0 Å². The molecule has 2 aromatic rings. The topological polar surface area (TPSA) is 55.4 Å². The van der Waals surface area contributed by atoms with Crippen molar-refractivity contribution in [2.24, 2.45) is 0 Å². The molecule has 0 bridgehead atoms. The van der Waals surface area contributed by atoms with Gasteiger partial charge in [-0.05, 0) is 66.6 Å². The molecule has 0 aliphatic heterocycles. The van der Waals surface area contributed by atoms with Crippen LogP contribution in [-0.2, 0) is 15.8 Å². The Bertz CT molecular complexity index is 873. The highest BCUT2D eigenvalue weighted by Gasteiger charge is 2.20. The van der Waals surface area contributed by atoms with Crippen molar-refractivity contribution in [2.75, 3.05) is 7.11 Å². The largest absolute Gasteiger partial charge is 0.496 e. The molecule has 4 nitrogen and oxygen atoms in total. The number of rotatable bonds is 7. The van der Waals surface area contributed by atoms with Crippen molar-refractivity contribution < 1.29 is 13.2 Å². The number of hydrogen-bond acceptors (Lipinski definition) is 3. The Hall–Kier alpha value is -1.85. The normalized spacial score (nSPS) is 13.0. The lowest BCUT2D eigenvalue weighted by Crippen LogP contribution is -2.29. The maximum atomic E-state index is 12.7. The molecular formula is C21H29NO3S. The fraction of sp³-hybridized carbons (Fsp3) is 0.429. The van der Waals surface area contributed by atoms with Gasteiger partial charge < -0.3 is 4.74 Å². The fourth-order valence-electron chi connectivity index (χ4n) is 3.16. The Labute approximate surface area is 157 Å². The van der Waals surface area contributed by atoms with E-state index >= 15 is 0 Å². The third-order valence-corrected chi connectivity index (χ3v) is 6.07. The van der Waals surface area contributed by atoms with Gasteiger partial charge in [-0.15, -0.1) is 0 Å². The standard InChI is InChI=1S/C21H29NO3S/c1-14(2)19-12-20(16(4)11-21(19)25-6)17(5)22-26(23,24)13-18-10-8-7-9-15(18)3/h7-12,14,17,22H,13H2,1-6H3. The van der Waals surface area contributed by atoms with Gasteiger partial charge in [0.15, 0.2) is 0 Å². The summed E-state index contributed by atoms with van der Waals surface area (Å²) in [6, 6.07) is 11.3. The van der Waals surface area contributed by atoms with E-state index in [2.05, 4.69) is 24.6 Å². The molecule has 5 heteroatoms. The molecule has 0 amide bonds. The van der Waals surface area contributed by atoms with Crippen molar-refractivity contribution in [1.82, 2.24) is 4.72 Å². The Morgan fingerprint density at radius 2 is 1.65 bits per heavy atom. The van der Waals surface area contributed by atoms with Crippen molar-refractivity contribution in [1.29, 1.82) is 0 Å². The van der Waals surface area contributed by atoms with E-state index < -0.39 is 10.0 Å². The van der Waals surface area contributed by atoms with Crippen LogP contribution in [0.3, 0.4) is 0 Å². The molecule has 2 aromatic carbocycles. The van der Waals surface area contributed by atoms with E-state index in [0.717, 1.165) is 33.6 Å². The molecular weight excluding hydrogens is 346 g/mol. The van der Waals surface area contributed by atoms with Crippen LogP contribution in [-0.4, -0.2) is 15.5 Å². The maximum absolute atomic E-state index is 12.7. The molecule has 26 heavy (non-hydrogen) atoms. The van der Waals surface area contributed by atoms with Gasteiger partial charge in [0.05, 0.1) is 12.9 Å². The van der Waals surface area contributed by atoms with Crippen LogP contribution in [0.15, 0.2) is 36.4 Å². The summed E-state index contributed by atoms with van der Waals surface area (Å²) in [5, 5.41) is 0. The Kier molecular flexibility index (Phi) is 6.48. The van der Waals surface area contributed by atoms with Gasteiger partial charge >= 0.3 is 0 Å². The first-order chi connectivity index (χ1) is 12.1. The second-order valence-corrected chi connectivity index (χ2v) is 8.88. The third-order valence-electron chi connectivity index (χ3n) is 4.67. The first-order valence-electron chi connectivity index (χ1n) is 8.87. The Morgan fingerprint density at radius 3 is 2.23 bits per heavy atom. The number of hydrogen-bond donors (Lipinski definition) is 1. The third kappa shape index (κ3) is 4.86. The summed E-state index contributed by atoms with van der Waals surface area (Å²) in [4.78, 5) is 0. The van der Waals surface area contributed by atoms with E-state index in [-0.39, 0.29) is 11.8 Å². The van der Waals surface area contributed by atoms with Crippen LogP contribution >= 0.6 is 0 Å². The molecule has 2 rings (SSSR count). The predicted octanol–water partition coefficient (Wildman–Crippen LogP) is 4.62. The lowest BCUT2D eigenvalue weighted by atomic mass is 9.94. The SMILES string of the molecule is COc1cc(C)c(C(C)NS(=O)(=O)Cc2ccccc2C)cc1C(C)C. The monoisotopic (exact) mass is 375 g/mol. The Morgan fingerprint density at radius 1 is 1.00 bits per heavy atom. The lowest BCUT2D eigenvalue weighted by molar-refractivity contribution is 0.406.